The van der Waals surface area contributed by atoms with Crippen LogP contribution in [0.4, 0.5) is 0 Å². The molecule has 0 saturated heterocycles. The highest BCUT2D eigenvalue weighted by molar-refractivity contribution is 6.27. The van der Waals surface area contributed by atoms with Crippen LogP contribution in [0, 0.1) is 0 Å². The Labute approximate surface area is 222 Å². The monoisotopic (exact) mass is 496 g/mol. The summed E-state index contributed by atoms with van der Waals surface area (Å²) in [5.74, 6) is 0. The summed E-state index contributed by atoms with van der Waals surface area (Å²) < 4.78 is 11.2. The van der Waals surface area contributed by atoms with Gasteiger partial charge in [0, 0.05) is 54.8 Å². The highest BCUT2D eigenvalue weighted by Crippen LogP contribution is 2.44. The summed E-state index contributed by atoms with van der Waals surface area (Å²) in [6.45, 7) is 0. The highest BCUT2D eigenvalue weighted by atomic mass is 16.3. The molecule has 180 valence electrons. The summed E-state index contributed by atoms with van der Waals surface area (Å²) in [7, 11) is 0. The molecule has 10 aromatic rings. The van der Waals surface area contributed by atoms with Crippen molar-refractivity contribution in [3.8, 4) is 5.69 Å². The molecule has 0 radical (unpaired) electrons. The largest absolute Gasteiger partial charge is 0.456 e. The molecule has 0 saturated carbocycles. The molecule has 0 aliphatic carbocycles. The maximum absolute atomic E-state index is 6.33. The van der Waals surface area contributed by atoms with Gasteiger partial charge in [-0.15, -0.1) is 0 Å². The van der Waals surface area contributed by atoms with E-state index in [2.05, 4.69) is 124 Å². The molecular formula is C36H20N2O. The molecule has 0 unspecified atom stereocenters. The van der Waals surface area contributed by atoms with E-state index in [1.807, 2.05) is 6.07 Å². The third kappa shape index (κ3) is 2.35. The Morgan fingerprint density at radius 2 is 1.03 bits per heavy atom. The maximum Gasteiger partial charge on any atom is 0.137 e. The van der Waals surface area contributed by atoms with Gasteiger partial charge in [-0.25, -0.2) is 0 Å². The Kier molecular flexibility index (Phi) is 3.44. The van der Waals surface area contributed by atoms with Crippen LogP contribution in [0.15, 0.2) is 126 Å². The van der Waals surface area contributed by atoms with Gasteiger partial charge in [-0.3, -0.25) is 0 Å². The van der Waals surface area contributed by atoms with Crippen molar-refractivity contribution in [1.29, 1.82) is 0 Å². The first-order valence-corrected chi connectivity index (χ1v) is 13.4. The van der Waals surface area contributed by atoms with Crippen LogP contribution >= 0.6 is 0 Å². The molecule has 4 aromatic heterocycles. The number of benzene rings is 6. The van der Waals surface area contributed by atoms with Crippen LogP contribution in [0.2, 0.25) is 0 Å². The van der Waals surface area contributed by atoms with Gasteiger partial charge in [-0.05, 0) is 42.5 Å². The summed E-state index contributed by atoms with van der Waals surface area (Å²) in [5.41, 5.74) is 9.16. The Balaban J connectivity index is 1.44. The first kappa shape index (κ1) is 19.8. The number of fused-ring (bicyclic) bond motifs is 12. The molecule has 10 rings (SSSR count). The van der Waals surface area contributed by atoms with E-state index >= 15 is 0 Å². The van der Waals surface area contributed by atoms with E-state index in [1.165, 1.54) is 71.0 Å². The van der Waals surface area contributed by atoms with Gasteiger partial charge in [0.2, 0.25) is 0 Å². The molecule has 0 N–H and O–H groups in total. The van der Waals surface area contributed by atoms with Crippen LogP contribution in [0.1, 0.15) is 0 Å². The fraction of sp³-hybridized carbons (Fsp3) is 0. The Bertz CT molecular complexity index is 2600. The smallest absolute Gasteiger partial charge is 0.137 e. The van der Waals surface area contributed by atoms with E-state index in [9.17, 15) is 0 Å². The van der Waals surface area contributed by atoms with Crippen LogP contribution in [-0.2, 0) is 0 Å². The molecule has 0 atom stereocenters. The topological polar surface area (TPSA) is 22.5 Å². The van der Waals surface area contributed by atoms with Gasteiger partial charge in [0.15, 0.2) is 0 Å². The first-order chi connectivity index (χ1) is 19.3. The zero-order chi connectivity index (χ0) is 25.2. The summed E-state index contributed by atoms with van der Waals surface area (Å²) in [6, 6.07) is 43.8. The molecule has 39 heavy (non-hydrogen) atoms. The average molecular weight is 497 g/mol. The molecule has 6 aromatic carbocycles. The molecule has 0 spiro atoms. The van der Waals surface area contributed by atoms with Gasteiger partial charge in [-0.1, -0.05) is 72.8 Å². The molecular weight excluding hydrogens is 476 g/mol. The van der Waals surface area contributed by atoms with E-state index in [0.29, 0.717) is 0 Å². The lowest BCUT2D eigenvalue weighted by Crippen LogP contribution is -1.93. The zero-order valence-corrected chi connectivity index (χ0v) is 20.8. The van der Waals surface area contributed by atoms with E-state index in [-0.39, 0.29) is 0 Å². The lowest BCUT2D eigenvalue weighted by atomic mass is 10.0. The molecule has 0 bridgehead atoms. The van der Waals surface area contributed by atoms with E-state index < -0.39 is 0 Å². The van der Waals surface area contributed by atoms with Crippen LogP contribution in [0.5, 0.6) is 0 Å². The predicted octanol–water partition coefficient (Wildman–Crippen LogP) is 9.83. The fourth-order valence-electron chi connectivity index (χ4n) is 7.01. The minimum atomic E-state index is 0.928. The minimum Gasteiger partial charge on any atom is -0.456 e. The molecule has 3 heteroatoms. The van der Waals surface area contributed by atoms with Gasteiger partial charge >= 0.3 is 0 Å². The molecule has 4 heterocycles. The molecule has 0 fully saturated rings. The zero-order valence-electron chi connectivity index (χ0n) is 20.8. The van der Waals surface area contributed by atoms with Crippen molar-refractivity contribution in [3.05, 3.63) is 121 Å². The number of hydrogen-bond acceptors (Lipinski definition) is 1. The van der Waals surface area contributed by atoms with Crippen molar-refractivity contribution in [2.45, 2.75) is 0 Å². The number of para-hydroxylation sites is 4. The summed E-state index contributed by atoms with van der Waals surface area (Å²) in [4.78, 5) is 0. The second-order valence-electron chi connectivity index (χ2n) is 10.6. The van der Waals surface area contributed by atoms with Gasteiger partial charge in [0.1, 0.15) is 11.2 Å². The number of aromatic nitrogens is 2. The lowest BCUT2D eigenvalue weighted by Gasteiger charge is -2.07. The van der Waals surface area contributed by atoms with Crippen LogP contribution < -0.4 is 0 Å². The van der Waals surface area contributed by atoms with Crippen molar-refractivity contribution in [3.63, 3.8) is 0 Å². The third-order valence-electron chi connectivity index (χ3n) is 8.62. The molecule has 3 nitrogen and oxygen atoms in total. The normalized spacial score (nSPS) is 12.6. The Morgan fingerprint density at radius 1 is 0.385 bits per heavy atom. The second kappa shape index (κ2) is 6.77. The lowest BCUT2D eigenvalue weighted by molar-refractivity contribution is 0.669. The van der Waals surface area contributed by atoms with Gasteiger partial charge in [0.25, 0.3) is 0 Å². The van der Waals surface area contributed by atoms with Gasteiger partial charge < -0.3 is 13.4 Å². The van der Waals surface area contributed by atoms with Crippen molar-refractivity contribution < 1.29 is 4.42 Å². The van der Waals surface area contributed by atoms with E-state index in [4.69, 9.17) is 4.42 Å². The maximum atomic E-state index is 6.33. The Morgan fingerprint density at radius 3 is 1.87 bits per heavy atom. The van der Waals surface area contributed by atoms with Crippen LogP contribution in [-0.4, -0.2) is 8.97 Å². The van der Waals surface area contributed by atoms with E-state index in [1.54, 1.807) is 0 Å². The third-order valence-corrected chi connectivity index (χ3v) is 8.62. The van der Waals surface area contributed by atoms with Crippen molar-refractivity contribution in [2.24, 2.45) is 0 Å². The highest BCUT2D eigenvalue weighted by Gasteiger charge is 2.21. The van der Waals surface area contributed by atoms with Gasteiger partial charge in [-0.2, -0.15) is 0 Å². The number of nitrogens with zero attached hydrogens (tertiary/aromatic N) is 2. The number of hydrogen-bond donors (Lipinski definition) is 0. The first-order valence-electron chi connectivity index (χ1n) is 13.4. The summed E-state index contributed by atoms with van der Waals surface area (Å²) in [6.07, 6.45) is 0. The van der Waals surface area contributed by atoms with Crippen LogP contribution in [0.3, 0.4) is 0 Å². The predicted molar refractivity (Wildman–Crippen MR) is 163 cm³/mol. The van der Waals surface area contributed by atoms with Crippen molar-refractivity contribution in [1.82, 2.24) is 8.97 Å². The average Bonchev–Trinajstić information content (AvgIpc) is 3.70. The number of rotatable bonds is 1. The molecule has 0 amide bonds. The standard InChI is InChI=1S/C36H20N2O/c1-2-9-21(10-3-1)37-30-15-6-4-11-22(30)26-17-27-24-13-8-14-25-28-18-29-23-12-5-7-16-34(23)39-35(29)20-33(28)38(36(24)25)32(27)19-31(26)37/h1-20H. The molecule has 0 aliphatic rings. The van der Waals surface area contributed by atoms with Gasteiger partial charge in [0.05, 0.1) is 27.6 Å². The van der Waals surface area contributed by atoms with Crippen LogP contribution in [0.25, 0.3) is 87.5 Å². The molecule has 0 aliphatic heterocycles. The van der Waals surface area contributed by atoms with E-state index in [0.717, 1.165) is 16.6 Å². The second-order valence-corrected chi connectivity index (χ2v) is 10.6. The summed E-state index contributed by atoms with van der Waals surface area (Å²) in [5, 5.41) is 10.0. The van der Waals surface area contributed by atoms with Crippen molar-refractivity contribution >= 4 is 81.8 Å². The summed E-state index contributed by atoms with van der Waals surface area (Å²) >= 11 is 0. The Hall–Kier alpha value is -5.28. The number of furan rings is 1. The van der Waals surface area contributed by atoms with Crippen molar-refractivity contribution in [2.75, 3.05) is 0 Å². The minimum absolute atomic E-state index is 0.928. The SMILES string of the molecule is c1ccc(-n2c3ccccc3c3cc4c5cccc6c7cc8c(cc7n(c4cc32)c65)oc2ccccc28)cc1. The quantitative estimate of drug-likeness (QED) is 0.222. The fourth-order valence-corrected chi connectivity index (χ4v) is 7.01.